The van der Waals surface area contributed by atoms with Crippen molar-refractivity contribution >= 4 is 11.6 Å². The van der Waals surface area contributed by atoms with Gasteiger partial charge in [-0.2, -0.15) is 24.8 Å². The predicted octanol–water partition coefficient (Wildman–Crippen LogP) is 2.52. The lowest BCUT2D eigenvalue weighted by Gasteiger charge is -2.15. The average Bonchev–Trinajstić information content (AvgIpc) is 3.30. The van der Waals surface area contributed by atoms with Crippen LogP contribution in [-0.2, 0) is 0 Å². The molecule has 25 heavy (non-hydrogen) atoms. The van der Waals surface area contributed by atoms with E-state index in [0.29, 0.717) is 5.82 Å². The van der Waals surface area contributed by atoms with Gasteiger partial charge >= 0.3 is 0 Å². The normalized spacial score (nSPS) is 13.7. The maximum atomic E-state index is 14.6. The van der Waals surface area contributed by atoms with E-state index in [1.54, 1.807) is 0 Å². The van der Waals surface area contributed by atoms with E-state index in [9.17, 15) is 14.0 Å². The van der Waals surface area contributed by atoms with Crippen molar-refractivity contribution in [3.8, 4) is 22.9 Å². The fourth-order valence-corrected chi connectivity index (χ4v) is 2.61. The summed E-state index contributed by atoms with van der Waals surface area (Å²) in [5.41, 5.74) is -0.0125. The molecule has 1 fully saturated rings. The molecule has 0 atom stereocenters. The first kappa shape index (κ1) is 15.3. The van der Waals surface area contributed by atoms with Crippen LogP contribution in [0.1, 0.15) is 18.5 Å². The first-order valence-electron chi connectivity index (χ1n) is 7.56. The zero-order valence-corrected chi connectivity index (χ0v) is 13.1. The molecule has 0 amide bonds. The second-order valence-electron chi connectivity index (χ2n) is 5.65. The molecule has 126 valence electrons. The molecule has 1 aliphatic rings. The zero-order chi connectivity index (χ0) is 17.6. The summed E-state index contributed by atoms with van der Waals surface area (Å²) < 4.78 is 35.0. The molecule has 7 nitrogen and oxygen atoms in total. The third-order valence-electron chi connectivity index (χ3n) is 3.96. The summed E-state index contributed by atoms with van der Waals surface area (Å²) >= 11 is 0. The Morgan fingerprint density at radius 3 is 2.80 bits per heavy atom. The molecule has 1 aliphatic carbocycles. The van der Waals surface area contributed by atoms with Crippen LogP contribution in [0, 0.1) is 23.0 Å². The van der Waals surface area contributed by atoms with Gasteiger partial charge in [0, 0.05) is 17.7 Å². The molecule has 1 N–H and O–H groups in total. The van der Waals surface area contributed by atoms with E-state index < -0.39 is 11.6 Å². The summed E-state index contributed by atoms with van der Waals surface area (Å²) in [6.45, 7) is 0. The Balaban J connectivity index is 2.03. The topological polar surface area (TPSA) is 88.1 Å². The molecular weight excluding hydrogens is 330 g/mol. The van der Waals surface area contributed by atoms with Crippen LogP contribution in [0.5, 0.6) is 5.75 Å². The standard InChI is InChI=1S/C16H12F2N6O/c1-25-13-5-10(17)9(4-11(13)18)14-12(6-19)23-16-20-7-21-24(16)15(14)22-8-2-3-8/h4-5,7-8,22H,2-3H2,1H3. The van der Waals surface area contributed by atoms with Crippen molar-refractivity contribution in [1.29, 1.82) is 5.26 Å². The van der Waals surface area contributed by atoms with Crippen molar-refractivity contribution in [2.24, 2.45) is 0 Å². The highest BCUT2D eigenvalue weighted by Crippen LogP contribution is 2.37. The molecule has 2 aromatic heterocycles. The van der Waals surface area contributed by atoms with Gasteiger partial charge in [-0.25, -0.2) is 8.78 Å². The molecule has 9 heteroatoms. The largest absolute Gasteiger partial charge is 0.494 e. The quantitative estimate of drug-likeness (QED) is 0.784. The molecule has 1 aromatic carbocycles. The molecule has 0 radical (unpaired) electrons. The Morgan fingerprint density at radius 2 is 2.12 bits per heavy atom. The molecule has 0 spiro atoms. The highest BCUT2D eigenvalue weighted by Gasteiger charge is 2.28. The van der Waals surface area contributed by atoms with Gasteiger partial charge in [0.15, 0.2) is 17.3 Å². The van der Waals surface area contributed by atoms with E-state index in [0.717, 1.165) is 25.0 Å². The number of nitriles is 1. The summed E-state index contributed by atoms with van der Waals surface area (Å²) in [6, 6.07) is 4.05. The molecule has 0 saturated heterocycles. The Kier molecular flexibility index (Phi) is 3.46. The first-order chi connectivity index (χ1) is 12.1. The van der Waals surface area contributed by atoms with Gasteiger partial charge in [-0.1, -0.05) is 0 Å². The van der Waals surface area contributed by atoms with Gasteiger partial charge < -0.3 is 10.1 Å². The maximum Gasteiger partial charge on any atom is 0.255 e. The number of aromatic nitrogens is 4. The molecule has 3 aromatic rings. The van der Waals surface area contributed by atoms with Gasteiger partial charge in [-0.15, -0.1) is 0 Å². The average molecular weight is 342 g/mol. The minimum absolute atomic E-state index is 0.0629. The fraction of sp³-hybridized carbons (Fsp3) is 0.250. The zero-order valence-electron chi connectivity index (χ0n) is 13.1. The van der Waals surface area contributed by atoms with Gasteiger partial charge in [0.1, 0.15) is 24.0 Å². The lowest BCUT2D eigenvalue weighted by atomic mass is 10.0. The van der Waals surface area contributed by atoms with Crippen LogP contribution in [0.2, 0.25) is 0 Å². The van der Waals surface area contributed by atoms with Crippen molar-refractivity contribution in [2.45, 2.75) is 18.9 Å². The third kappa shape index (κ3) is 2.52. The highest BCUT2D eigenvalue weighted by atomic mass is 19.1. The molecule has 0 aliphatic heterocycles. The number of methoxy groups -OCH3 is 1. The minimum Gasteiger partial charge on any atom is -0.494 e. The van der Waals surface area contributed by atoms with Crippen molar-refractivity contribution in [3.63, 3.8) is 0 Å². The number of ether oxygens (including phenoxy) is 1. The van der Waals surface area contributed by atoms with E-state index in [2.05, 4.69) is 20.4 Å². The number of rotatable bonds is 4. The summed E-state index contributed by atoms with van der Waals surface area (Å²) in [6.07, 6.45) is 3.18. The lowest BCUT2D eigenvalue weighted by Crippen LogP contribution is -2.12. The Bertz CT molecular complexity index is 1020. The van der Waals surface area contributed by atoms with Crippen molar-refractivity contribution in [1.82, 2.24) is 19.6 Å². The van der Waals surface area contributed by atoms with Crippen LogP contribution in [0.4, 0.5) is 14.6 Å². The second kappa shape index (κ2) is 5.66. The van der Waals surface area contributed by atoms with Gasteiger partial charge in [0.25, 0.3) is 5.78 Å². The SMILES string of the molecule is COc1cc(F)c(-c2c(C#N)nc3ncnn3c2NC2CC2)cc1F. The number of nitrogens with zero attached hydrogens (tertiary/aromatic N) is 5. The molecular formula is C16H12F2N6O. The van der Waals surface area contributed by atoms with Gasteiger partial charge in [-0.05, 0) is 18.9 Å². The second-order valence-corrected chi connectivity index (χ2v) is 5.65. The van der Waals surface area contributed by atoms with E-state index in [4.69, 9.17) is 4.74 Å². The number of nitrogens with one attached hydrogen (secondary N) is 1. The Hall–Kier alpha value is -3.28. The van der Waals surface area contributed by atoms with Crippen molar-refractivity contribution < 1.29 is 13.5 Å². The van der Waals surface area contributed by atoms with Crippen LogP contribution in [-0.4, -0.2) is 32.7 Å². The van der Waals surface area contributed by atoms with E-state index in [-0.39, 0.29) is 34.4 Å². The molecule has 2 heterocycles. The van der Waals surface area contributed by atoms with E-state index in [1.807, 2.05) is 6.07 Å². The van der Waals surface area contributed by atoms with Crippen LogP contribution in [0.3, 0.4) is 0 Å². The highest BCUT2D eigenvalue weighted by molar-refractivity contribution is 5.82. The predicted molar refractivity (Wildman–Crippen MR) is 84.0 cm³/mol. The van der Waals surface area contributed by atoms with E-state index in [1.165, 1.54) is 18.0 Å². The van der Waals surface area contributed by atoms with Crippen molar-refractivity contribution in [3.05, 3.63) is 35.8 Å². The summed E-state index contributed by atoms with van der Waals surface area (Å²) in [4.78, 5) is 8.08. The third-order valence-corrected chi connectivity index (χ3v) is 3.96. The Labute approximate surface area is 140 Å². The number of fused-ring (bicyclic) bond motifs is 1. The summed E-state index contributed by atoms with van der Waals surface area (Å²) in [7, 11) is 1.25. The van der Waals surface area contributed by atoms with Crippen LogP contribution >= 0.6 is 0 Å². The number of benzene rings is 1. The molecule has 4 rings (SSSR count). The summed E-state index contributed by atoms with van der Waals surface area (Å²) in [5.74, 6) is -1.11. The molecule has 0 bridgehead atoms. The van der Waals surface area contributed by atoms with E-state index >= 15 is 0 Å². The molecule has 0 unspecified atom stereocenters. The Morgan fingerprint density at radius 1 is 1.32 bits per heavy atom. The van der Waals surface area contributed by atoms with Crippen LogP contribution in [0.25, 0.3) is 16.9 Å². The summed E-state index contributed by atoms with van der Waals surface area (Å²) in [5, 5.41) is 16.8. The number of anilines is 1. The maximum absolute atomic E-state index is 14.6. The van der Waals surface area contributed by atoms with Gasteiger partial charge in [-0.3, -0.25) is 0 Å². The lowest BCUT2D eigenvalue weighted by molar-refractivity contribution is 0.383. The van der Waals surface area contributed by atoms with Crippen LogP contribution in [0.15, 0.2) is 18.5 Å². The number of hydrogen-bond acceptors (Lipinski definition) is 6. The smallest absolute Gasteiger partial charge is 0.255 e. The fourth-order valence-electron chi connectivity index (χ4n) is 2.61. The number of halogens is 2. The van der Waals surface area contributed by atoms with Gasteiger partial charge in [0.05, 0.1) is 12.7 Å². The number of hydrogen-bond donors (Lipinski definition) is 1. The van der Waals surface area contributed by atoms with Gasteiger partial charge in [0.2, 0.25) is 0 Å². The first-order valence-corrected chi connectivity index (χ1v) is 7.56. The monoisotopic (exact) mass is 342 g/mol. The van der Waals surface area contributed by atoms with Crippen LogP contribution < -0.4 is 10.1 Å². The molecule has 1 saturated carbocycles. The van der Waals surface area contributed by atoms with Crippen molar-refractivity contribution in [2.75, 3.05) is 12.4 Å². The minimum atomic E-state index is -0.737.